The van der Waals surface area contributed by atoms with Gasteiger partial charge in [0, 0.05) is 12.0 Å². The number of aromatic nitrogens is 3. The van der Waals surface area contributed by atoms with Crippen LogP contribution in [0.2, 0.25) is 0 Å². The summed E-state index contributed by atoms with van der Waals surface area (Å²) in [5, 5.41) is 8.01. The summed E-state index contributed by atoms with van der Waals surface area (Å²) in [4.78, 5) is 0. The van der Waals surface area contributed by atoms with Crippen molar-refractivity contribution in [3.05, 3.63) is 42.2 Å². The maximum absolute atomic E-state index is 6.08. The lowest BCUT2D eigenvalue weighted by Gasteiger charge is -2.29. The summed E-state index contributed by atoms with van der Waals surface area (Å²) in [5.41, 5.74) is 8.63. The van der Waals surface area contributed by atoms with Crippen molar-refractivity contribution in [3.8, 4) is 5.69 Å². The third-order valence-electron chi connectivity index (χ3n) is 4.10. The van der Waals surface area contributed by atoms with E-state index in [-0.39, 0.29) is 5.41 Å². The van der Waals surface area contributed by atoms with E-state index in [1.54, 1.807) is 6.20 Å². The van der Waals surface area contributed by atoms with Gasteiger partial charge in [0.1, 0.15) is 0 Å². The van der Waals surface area contributed by atoms with Crippen LogP contribution in [0.5, 0.6) is 0 Å². The quantitative estimate of drug-likeness (QED) is 0.896. The summed E-state index contributed by atoms with van der Waals surface area (Å²) in [6.45, 7) is 0.707. The minimum Gasteiger partial charge on any atom is -0.330 e. The Morgan fingerprint density at radius 2 is 2.00 bits per heavy atom. The van der Waals surface area contributed by atoms with Crippen LogP contribution in [0.25, 0.3) is 5.69 Å². The predicted octanol–water partition coefficient (Wildman–Crippen LogP) is 2.04. The van der Waals surface area contributed by atoms with Crippen molar-refractivity contribution >= 4 is 0 Å². The maximum atomic E-state index is 6.08. The number of benzene rings is 1. The SMILES string of the molecule is NCC1(c2ccccc2-n2ccnn2)CCCC1. The molecule has 0 unspecified atom stereocenters. The molecule has 4 nitrogen and oxygen atoms in total. The van der Waals surface area contributed by atoms with Crippen LogP contribution in [0, 0.1) is 0 Å². The van der Waals surface area contributed by atoms with E-state index in [0.29, 0.717) is 6.54 Å². The molecule has 3 rings (SSSR count). The number of hydrogen-bond acceptors (Lipinski definition) is 3. The number of hydrogen-bond donors (Lipinski definition) is 1. The molecule has 0 bridgehead atoms. The van der Waals surface area contributed by atoms with E-state index in [0.717, 1.165) is 5.69 Å². The number of para-hydroxylation sites is 1. The first-order chi connectivity index (χ1) is 8.86. The van der Waals surface area contributed by atoms with E-state index in [1.807, 2.05) is 16.9 Å². The molecule has 1 heterocycles. The van der Waals surface area contributed by atoms with Crippen LogP contribution in [0.1, 0.15) is 31.2 Å². The zero-order valence-electron chi connectivity index (χ0n) is 10.4. The number of nitrogens with two attached hydrogens (primary N) is 1. The Morgan fingerprint density at radius 1 is 1.22 bits per heavy atom. The smallest absolute Gasteiger partial charge is 0.0701 e. The Morgan fingerprint density at radius 3 is 2.67 bits per heavy atom. The first kappa shape index (κ1) is 11.4. The van der Waals surface area contributed by atoms with Crippen LogP contribution in [-0.2, 0) is 5.41 Å². The lowest BCUT2D eigenvalue weighted by atomic mass is 9.78. The molecule has 0 amide bonds. The average molecular weight is 242 g/mol. The average Bonchev–Trinajstić information content (AvgIpc) is 3.11. The zero-order chi connectivity index (χ0) is 12.4. The molecule has 1 saturated carbocycles. The molecule has 0 atom stereocenters. The second-order valence-corrected chi connectivity index (χ2v) is 5.06. The van der Waals surface area contributed by atoms with Gasteiger partial charge < -0.3 is 5.73 Å². The van der Waals surface area contributed by atoms with E-state index in [2.05, 4.69) is 28.5 Å². The van der Waals surface area contributed by atoms with Crippen molar-refractivity contribution in [2.45, 2.75) is 31.1 Å². The number of nitrogens with zero attached hydrogens (tertiary/aromatic N) is 3. The van der Waals surface area contributed by atoms with E-state index in [4.69, 9.17) is 5.73 Å². The second kappa shape index (κ2) is 4.53. The third kappa shape index (κ3) is 1.73. The van der Waals surface area contributed by atoms with Crippen molar-refractivity contribution < 1.29 is 0 Å². The summed E-state index contributed by atoms with van der Waals surface area (Å²) in [6.07, 6.45) is 8.48. The molecular weight excluding hydrogens is 224 g/mol. The lowest BCUT2D eigenvalue weighted by Crippen LogP contribution is -2.33. The van der Waals surface area contributed by atoms with E-state index < -0.39 is 0 Å². The first-order valence-electron chi connectivity index (χ1n) is 6.52. The molecule has 18 heavy (non-hydrogen) atoms. The Balaban J connectivity index is 2.12. The minimum atomic E-state index is 0.128. The Hall–Kier alpha value is -1.68. The van der Waals surface area contributed by atoms with Gasteiger partial charge in [-0.25, -0.2) is 4.68 Å². The van der Waals surface area contributed by atoms with Crippen LogP contribution in [0.15, 0.2) is 36.7 Å². The largest absolute Gasteiger partial charge is 0.330 e. The predicted molar refractivity (Wildman–Crippen MR) is 70.6 cm³/mol. The molecule has 0 aliphatic heterocycles. The molecule has 0 spiro atoms. The van der Waals surface area contributed by atoms with Crippen molar-refractivity contribution in [2.75, 3.05) is 6.54 Å². The van der Waals surface area contributed by atoms with Crippen LogP contribution >= 0.6 is 0 Å². The Labute approximate surface area is 107 Å². The summed E-state index contributed by atoms with van der Waals surface area (Å²) in [5.74, 6) is 0. The molecule has 2 aromatic rings. The highest BCUT2D eigenvalue weighted by molar-refractivity contribution is 5.46. The standard InChI is InChI=1S/C14H18N4/c15-11-14(7-3-4-8-14)12-5-1-2-6-13(12)18-10-9-16-17-18/h1-2,5-6,9-10H,3-4,7-8,11,15H2. The molecule has 1 fully saturated rings. The van der Waals surface area contributed by atoms with Crippen molar-refractivity contribution in [1.29, 1.82) is 0 Å². The Kier molecular flexibility index (Phi) is 2.88. The molecule has 0 saturated heterocycles. The van der Waals surface area contributed by atoms with Crippen molar-refractivity contribution in [2.24, 2.45) is 5.73 Å². The van der Waals surface area contributed by atoms with Gasteiger partial charge in [-0.15, -0.1) is 5.10 Å². The van der Waals surface area contributed by atoms with Crippen LogP contribution in [-0.4, -0.2) is 21.5 Å². The van der Waals surface area contributed by atoms with E-state index in [1.165, 1.54) is 31.2 Å². The zero-order valence-corrected chi connectivity index (χ0v) is 10.4. The summed E-state index contributed by atoms with van der Waals surface area (Å²) < 4.78 is 1.84. The summed E-state index contributed by atoms with van der Waals surface area (Å²) >= 11 is 0. The van der Waals surface area contributed by atoms with Gasteiger partial charge in [0.05, 0.1) is 18.1 Å². The minimum absolute atomic E-state index is 0.128. The normalized spacial score (nSPS) is 18.1. The fourth-order valence-electron chi connectivity index (χ4n) is 3.09. The highest BCUT2D eigenvalue weighted by Crippen LogP contribution is 2.42. The summed E-state index contributed by atoms with van der Waals surface area (Å²) in [7, 11) is 0. The monoisotopic (exact) mass is 242 g/mol. The molecule has 2 N–H and O–H groups in total. The van der Waals surface area contributed by atoms with Crippen molar-refractivity contribution in [3.63, 3.8) is 0 Å². The lowest BCUT2D eigenvalue weighted by molar-refractivity contribution is 0.450. The van der Waals surface area contributed by atoms with Crippen LogP contribution in [0.4, 0.5) is 0 Å². The Bertz CT molecular complexity index is 512. The van der Waals surface area contributed by atoms with Gasteiger partial charge in [0.25, 0.3) is 0 Å². The van der Waals surface area contributed by atoms with Gasteiger partial charge in [0.2, 0.25) is 0 Å². The molecule has 0 radical (unpaired) electrons. The molecule has 1 aromatic carbocycles. The van der Waals surface area contributed by atoms with Gasteiger partial charge in [-0.2, -0.15) is 0 Å². The van der Waals surface area contributed by atoms with Gasteiger partial charge in [-0.05, 0) is 24.5 Å². The van der Waals surface area contributed by atoms with Crippen molar-refractivity contribution in [1.82, 2.24) is 15.0 Å². The molecule has 1 aliphatic rings. The van der Waals surface area contributed by atoms with E-state index in [9.17, 15) is 0 Å². The highest BCUT2D eigenvalue weighted by Gasteiger charge is 2.36. The topological polar surface area (TPSA) is 56.7 Å². The van der Waals surface area contributed by atoms with Gasteiger partial charge in [-0.3, -0.25) is 0 Å². The van der Waals surface area contributed by atoms with Gasteiger partial charge in [0.15, 0.2) is 0 Å². The fraction of sp³-hybridized carbons (Fsp3) is 0.429. The molecule has 1 aromatic heterocycles. The van der Waals surface area contributed by atoms with Gasteiger partial charge >= 0.3 is 0 Å². The summed E-state index contributed by atoms with van der Waals surface area (Å²) in [6, 6.07) is 8.42. The van der Waals surface area contributed by atoms with Gasteiger partial charge in [-0.1, -0.05) is 36.3 Å². The maximum Gasteiger partial charge on any atom is 0.0701 e. The highest BCUT2D eigenvalue weighted by atomic mass is 15.4. The number of rotatable bonds is 3. The van der Waals surface area contributed by atoms with E-state index >= 15 is 0 Å². The molecule has 1 aliphatic carbocycles. The first-order valence-corrected chi connectivity index (χ1v) is 6.52. The van der Waals surface area contributed by atoms with Crippen LogP contribution in [0.3, 0.4) is 0 Å². The van der Waals surface area contributed by atoms with Crippen LogP contribution < -0.4 is 5.73 Å². The molecule has 94 valence electrons. The second-order valence-electron chi connectivity index (χ2n) is 5.06. The third-order valence-corrected chi connectivity index (χ3v) is 4.10. The molecule has 4 heteroatoms. The fourth-order valence-corrected chi connectivity index (χ4v) is 3.09. The molecular formula is C14H18N4.